The van der Waals surface area contributed by atoms with Gasteiger partial charge < -0.3 is 14.7 Å². The van der Waals surface area contributed by atoms with Crippen LogP contribution in [0.3, 0.4) is 0 Å². The first-order chi connectivity index (χ1) is 17.6. The molecule has 37 heavy (non-hydrogen) atoms. The molecular formula is C27H27ClN2O6S. The molecule has 0 saturated carbocycles. The zero-order valence-electron chi connectivity index (χ0n) is 20.3. The van der Waals surface area contributed by atoms with Crippen molar-refractivity contribution in [1.82, 2.24) is 9.21 Å². The number of nitrogens with zero attached hydrogens (tertiary/aromatic N) is 2. The molecule has 1 aliphatic heterocycles. The number of carboxylic acids is 1. The van der Waals surface area contributed by atoms with Crippen molar-refractivity contribution in [2.45, 2.75) is 31.4 Å². The van der Waals surface area contributed by atoms with Crippen LogP contribution >= 0.6 is 11.6 Å². The van der Waals surface area contributed by atoms with Crippen LogP contribution < -0.4 is 4.74 Å². The number of hydrogen-bond acceptors (Lipinski definition) is 5. The molecule has 10 heteroatoms. The molecule has 0 aromatic heterocycles. The molecule has 0 unspecified atom stereocenters. The minimum atomic E-state index is -3.79. The van der Waals surface area contributed by atoms with E-state index in [0.29, 0.717) is 21.9 Å². The molecule has 0 spiro atoms. The lowest BCUT2D eigenvalue weighted by Crippen LogP contribution is -2.51. The van der Waals surface area contributed by atoms with E-state index in [4.69, 9.17) is 16.3 Å². The van der Waals surface area contributed by atoms with E-state index < -0.39 is 16.0 Å². The van der Waals surface area contributed by atoms with Crippen molar-refractivity contribution in [3.05, 3.63) is 94.0 Å². The molecular weight excluding hydrogens is 516 g/mol. The summed E-state index contributed by atoms with van der Waals surface area (Å²) in [7, 11) is -3.79. The van der Waals surface area contributed by atoms with E-state index in [9.17, 15) is 23.1 Å². The first-order valence-corrected chi connectivity index (χ1v) is 13.5. The summed E-state index contributed by atoms with van der Waals surface area (Å²) in [6.07, 6.45) is -0.166. The van der Waals surface area contributed by atoms with E-state index >= 15 is 0 Å². The smallest absolute Gasteiger partial charge is 0.307 e. The van der Waals surface area contributed by atoms with Crippen molar-refractivity contribution in [1.29, 1.82) is 0 Å². The fourth-order valence-corrected chi connectivity index (χ4v) is 5.55. The number of aliphatic carboxylic acids is 1. The second-order valence-electron chi connectivity index (χ2n) is 8.89. The molecule has 0 radical (unpaired) electrons. The minimum absolute atomic E-state index is 0.151. The van der Waals surface area contributed by atoms with Crippen molar-refractivity contribution in [3.63, 3.8) is 0 Å². The molecule has 1 heterocycles. The van der Waals surface area contributed by atoms with Crippen LogP contribution in [0.4, 0.5) is 0 Å². The van der Waals surface area contributed by atoms with E-state index in [1.165, 1.54) is 4.31 Å². The highest BCUT2D eigenvalue weighted by Gasteiger charge is 2.33. The van der Waals surface area contributed by atoms with Gasteiger partial charge in [-0.2, -0.15) is 4.31 Å². The van der Waals surface area contributed by atoms with E-state index in [1.54, 1.807) is 59.5 Å². The van der Waals surface area contributed by atoms with Crippen LogP contribution in [0.1, 0.15) is 22.3 Å². The van der Waals surface area contributed by atoms with E-state index in [0.717, 1.165) is 11.1 Å². The molecule has 8 nitrogen and oxygen atoms in total. The summed E-state index contributed by atoms with van der Waals surface area (Å²) < 4.78 is 33.2. The predicted molar refractivity (Wildman–Crippen MR) is 139 cm³/mol. The Hall–Kier alpha value is -3.40. The Labute approximate surface area is 221 Å². The lowest BCUT2D eigenvalue weighted by Gasteiger charge is -2.34. The minimum Gasteiger partial charge on any atom is -0.489 e. The summed E-state index contributed by atoms with van der Waals surface area (Å²) in [6, 6.07) is 18.8. The topological polar surface area (TPSA) is 104 Å². The third-order valence-electron chi connectivity index (χ3n) is 6.09. The van der Waals surface area contributed by atoms with E-state index in [2.05, 4.69) is 0 Å². The largest absolute Gasteiger partial charge is 0.489 e. The van der Waals surface area contributed by atoms with Gasteiger partial charge in [-0.1, -0.05) is 47.5 Å². The fraction of sp³-hybridized carbons (Fsp3) is 0.259. The number of piperazine rings is 1. The molecule has 0 bridgehead atoms. The molecule has 1 aliphatic rings. The molecule has 1 amide bonds. The molecule has 4 rings (SSSR count). The van der Waals surface area contributed by atoms with Gasteiger partial charge in [-0.15, -0.1) is 0 Å². The molecule has 194 valence electrons. The van der Waals surface area contributed by atoms with Crippen LogP contribution in [0.2, 0.25) is 5.02 Å². The Bertz CT molecular complexity index is 1390. The Morgan fingerprint density at radius 2 is 1.68 bits per heavy atom. The van der Waals surface area contributed by atoms with Crippen molar-refractivity contribution in [2.24, 2.45) is 0 Å². The summed E-state index contributed by atoms with van der Waals surface area (Å²) >= 11 is 5.95. The Balaban J connectivity index is 1.49. The van der Waals surface area contributed by atoms with Gasteiger partial charge in [0.1, 0.15) is 12.4 Å². The van der Waals surface area contributed by atoms with Crippen molar-refractivity contribution in [3.8, 4) is 5.75 Å². The monoisotopic (exact) mass is 542 g/mol. The van der Waals surface area contributed by atoms with Crippen molar-refractivity contribution >= 4 is 33.5 Å². The number of ether oxygens (including phenoxy) is 1. The van der Waals surface area contributed by atoms with Gasteiger partial charge in [0.05, 0.1) is 17.9 Å². The fourth-order valence-electron chi connectivity index (χ4n) is 4.05. The van der Waals surface area contributed by atoms with Crippen LogP contribution in [0, 0.1) is 6.92 Å². The van der Waals surface area contributed by atoms with E-state index in [1.807, 2.05) is 19.1 Å². The van der Waals surface area contributed by atoms with Gasteiger partial charge in [-0.3, -0.25) is 9.59 Å². The maximum atomic E-state index is 13.0. The lowest BCUT2D eigenvalue weighted by molar-refractivity contribution is -0.136. The van der Waals surface area contributed by atoms with Crippen molar-refractivity contribution in [2.75, 3.05) is 19.6 Å². The number of carboxylic acid groups (broad SMARTS) is 1. The zero-order valence-corrected chi connectivity index (χ0v) is 21.8. The average molecular weight is 543 g/mol. The number of amides is 1. The first kappa shape index (κ1) is 26.7. The predicted octanol–water partition coefficient (Wildman–Crippen LogP) is 3.89. The van der Waals surface area contributed by atoms with Gasteiger partial charge in [-0.05, 0) is 54.4 Å². The van der Waals surface area contributed by atoms with Gasteiger partial charge in [-0.25, -0.2) is 8.42 Å². The molecule has 0 aliphatic carbocycles. The van der Waals surface area contributed by atoms with Crippen LogP contribution in [0.5, 0.6) is 5.75 Å². The quantitative estimate of drug-likeness (QED) is 0.440. The lowest BCUT2D eigenvalue weighted by atomic mass is 10.1. The normalized spacial score (nSPS) is 14.5. The molecule has 3 aromatic rings. The second kappa shape index (κ2) is 11.3. The number of aryl methyl sites for hydroxylation is 1. The van der Waals surface area contributed by atoms with Crippen LogP contribution in [0.15, 0.2) is 71.6 Å². The van der Waals surface area contributed by atoms with Gasteiger partial charge in [0.2, 0.25) is 15.9 Å². The highest BCUT2D eigenvalue weighted by molar-refractivity contribution is 7.89. The Morgan fingerprint density at radius 1 is 1.00 bits per heavy atom. The number of carbonyl (C=O) groups excluding carboxylic acids is 1. The molecule has 1 N–H and O–H groups in total. The number of halogens is 1. The zero-order chi connectivity index (χ0) is 26.6. The number of benzene rings is 3. The van der Waals surface area contributed by atoms with Gasteiger partial charge in [0.15, 0.2) is 0 Å². The number of carbonyl (C=O) groups is 2. The molecule has 0 atom stereocenters. The number of hydrogen-bond donors (Lipinski definition) is 1. The summed E-state index contributed by atoms with van der Waals surface area (Å²) in [4.78, 5) is 26.0. The summed E-state index contributed by atoms with van der Waals surface area (Å²) in [5.74, 6) is -0.785. The summed E-state index contributed by atoms with van der Waals surface area (Å²) in [5.41, 5.74) is 3.07. The molecule has 1 saturated heterocycles. The number of rotatable bonds is 9. The standard InChI is InChI=1S/C27H27ClN2O6S/c1-19-2-9-24(10-3-19)37(34,35)30-13-12-29(26(31)17-30)16-22-14-21(15-27(32)33)6-11-25(22)36-18-20-4-7-23(28)8-5-20/h2-11,14H,12-13,15-18H2,1H3,(H,32,33). The molecule has 1 fully saturated rings. The van der Waals surface area contributed by atoms with E-state index in [-0.39, 0.29) is 50.0 Å². The highest BCUT2D eigenvalue weighted by Crippen LogP contribution is 2.26. The average Bonchev–Trinajstić information content (AvgIpc) is 2.85. The van der Waals surface area contributed by atoms with Crippen LogP contribution in [-0.4, -0.2) is 54.2 Å². The third kappa shape index (κ3) is 6.68. The van der Waals surface area contributed by atoms with Gasteiger partial charge >= 0.3 is 5.97 Å². The van der Waals surface area contributed by atoms with Crippen molar-refractivity contribution < 1.29 is 27.9 Å². The Morgan fingerprint density at radius 3 is 2.32 bits per heavy atom. The Kier molecular flexibility index (Phi) is 8.16. The van der Waals surface area contributed by atoms with Crippen LogP contribution in [-0.2, 0) is 39.2 Å². The highest BCUT2D eigenvalue weighted by atomic mass is 35.5. The SMILES string of the molecule is Cc1ccc(S(=O)(=O)N2CCN(Cc3cc(CC(=O)O)ccc3OCc3ccc(Cl)cc3)C(=O)C2)cc1. The third-order valence-corrected chi connectivity index (χ3v) is 8.20. The summed E-state index contributed by atoms with van der Waals surface area (Å²) in [6.45, 7) is 2.38. The maximum absolute atomic E-state index is 13.0. The van der Waals surface area contributed by atoms with Gasteiger partial charge in [0, 0.05) is 30.2 Å². The molecule has 3 aromatic carbocycles. The first-order valence-electron chi connectivity index (χ1n) is 11.7. The maximum Gasteiger partial charge on any atom is 0.307 e. The van der Waals surface area contributed by atoms with Crippen LogP contribution in [0.25, 0.3) is 0 Å². The van der Waals surface area contributed by atoms with Gasteiger partial charge in [0.25, 0.3) is 0 Å². The number of sulfonamides is 1. The summed E-state index contributed by atoms with van der Waals surface area (Å²) in [5, 5.41) is 9.83. The second-order valence-corrected chi connectivity index (χ2v) is 11.3.